The zero-order valence-corrected chi connectivity index (χ0v) is 14.3. The van der Waals surface area contributed by atoms with E-state index in [1.54, 1.807) is 0 Å². The Morgan fingerprint density at radius 2 is 1.75 bits per heavy atom. The van der Waals surface area contributed by atoms with E-state index >= 15 is 0 Å². The van der Waals surface area contributed by atoms with Gasteiger partial charge in [0, 0.05) is 13.1 Å². The first kappa shape index (κ1) is 16.7. The molecule has 0 aliphatic carbocycles. The van der Waals surface area contributed by atoms with Crippen LogP contribution in [0.5, 0.6) is 0 Å². The molecule has 24 heavy (non-hydrogen) atoms. The summed E-state index contributed by atoms with van der Waals surface area (Å²) in [5, 5.41) is 0. The minimum absolute atomic E-state index is 0.0808. The van der Waals surface area contributed by atoms with Gasteiger partial charge in [0.15, 0.2) is 0 Å². The highest BCUT2D eigenvalue weighted by Gasteiger charge is 2.31. The first-order valence-electron chi connectivity index (χ1n) is 8.78. The molecule has 126 valence electrons. The van der Waals surface area contributed by atoms with Crippen LogP contribution >= 0.6 is 0 Å². The number of rotatable bonds is 4. The minimum Gasteiger partial charge on any atom is -0.341 e. The lowest BCUT2D eigenvalue weighted by Crippen LogP contribution is -2.49. The van der Waals surface area contributed by atoms with Crippen LogP contribution in [0.15, 0.2) is 60.7 Å². The van der Waals surface area contributed by atoms with Crippen LogP contribution < -0.4 is 5.73 Å². The van der Waals surface area contributed by atoms with E-state index in [0.29, 0.717) is 18.3 Å². The number of hydrogen-bond donors (Lipinski definition) is 1. The molecule has 3 heteroatoms. The van der Waals surface area contributed by atoms with Crippen molar-refractivity contribution in [1.29, 1.82) is 0 Å². The molecule has 3 atom stereocenters. The molecule has 1 fully saturated rings. The topological polar surface area (TPSA) is 46.3 Å². The van der Waals surface area contributed by atoms with Gasteiger partial charge < -0.3 is 10.6 Å². The Morgan fingerprint density at radius 3 is 2.38 bits per heavy atom. The molecule has 1 aliphatic rings. The number of amides is 1. The number of piperidine rings is 1. The highest BCUT2D eigenvalue weighted by Crippen LogP contribution is 2.32. The van der Waals surface area contributed by atoms with Crippen molar-refractivity contribution in [3.8, 4) is 0 Å². The maximum Gasteiger partial charge on any atom is 0.239 e. The zero-order valence-electron chi connectivity index (χ0n) is 14.3. The fourth-order valence-electron chi connectivity index (χ4n) is 3.73. The third kappa shape index (κ3) is 3.85. The van der Waals surface area contributed by atoms with E-state index in [1.807, 2.05) is 35.2 Å². The van der Waals surface area contributed by atoms with Crippen LogP contribution in [0.3, 0.4) is 0 Å². The van der Waals surface area contributed by atoms with Crippen LogP contribution in [-0.2, 0) is 11.2 Å². The molecule has 0 spiro atoms. The lowest BCUT2D eigenvalue weighted by Gasteiger charge is -2.38. The predicted octanol–water partition coefficient (Wildman–Crippen LogP) is 3.21. The van der Waals surface area contributed by atoms with Gasteiger partial charge in [0.2, 0.25) is 5.91 Å². The number of carbonyl (C=O) groups is 1. The third-order valence-corrected chi connectivity index (χ3v) is 5.06. The molecule has 0 saturated carbocycles. The average molecular weight is 322 g/mol. The summed E-state index contributed by atoms with van der Waals surface area (Å²) < 4.78 is 0. The average Bonchev–Trinajstić information content (AvgIpc) is 2.62. The van der Waals surface area contributed by atoms with Gasteiger partial charge in [-0.25, -0.2) is 0 Å². The van der Waals surface area contributed by atoms with Gasteiger partial charge in [0.25, 0.3) is 0 Å². The molecule has 2 unspecified atom stereocenters. The lowest BCUT2D eigenvalue weighted by molar-refractivity contribution is -0.134. The number of carbonyl (C=O) groups excluding carboxylic acids is 1. The number of likely N-dealkylation sites (tertiary alicyclic amines) is 1. The van der Waals surface area contributed by atoms with Gasteiger partial charge in [0.1, 0.15) is 0 Å². The molecule has 0 aromatic heterocycles. The van der Waals surface area contributed by atoms with Crippen molar-refractivity contribution in [2.75, 3.05) is 13.1 Å². The first-order chi connectivity index (χ1) is 11.6. The second-order valence-electron chi connectivity index (χ2n) is 6.86. The van der Waals surface area contributed by atoms with E-state index in [0.717, 1.165) is 25.1 Å². The largest absolute Gasteiger partial charge is 0.341 e. The van der Waals surface area contributed by atoms with Gasteiger partial charge in [-0.2, -0.15) is 0 Å². The van der Waals surface area contributed by atoms with Crippen molar-refractivity contribution < 1.29 is 4.79 Å². The summed E-state index contributed by atoms with van der Waals surface area (Å²) in [6.07, 6.45) is 1.61. The highest BCUT2D eigenvalue weighted by atomic mass is 16.2. The summed E-state index contributed by atoms with van der Waals surface area (Å²) in [5.41, 5.74) is 8.68. The Labute approximate surface area is 144 Å². The van der Waals surface area contributed by atoms with Crippen molar-refractivity contribution in [2.45, 2.75) is 31.7 Å². The van der Waals surface area contributed by atoms with Crippen molar-refractivity contribution in [3.05, 3.63) is 71.8 Å². The standard InChI is InChI=1S/C21H26N2O/c1-16-15-23(13-12-19(16)18-10-6-3-7-11-18)21(24)20(22)14-17-8-4-2-5-9-17/h2-11,16,19-20H,12-15,22H2,1H3/t16?,19?,20-/m0/s1. The predicted molar refractivity (Wildman–Crippen MR) is 97.7 cm³/mol. The van der Waals surface area contributed by atoms with Crippen molar-refractivity contribution in [1.82, 2.24) is 4.90 Å². The molecule has 1 saturated heterocycles. The molecule has 1 aliphatic heterocycles. The molecule has 3 rings (SSSR count). The van der Waals surface area contributed by atoms with Crippen LogP contribution in [0.2, 0.25) is 0 Å². The Balaban J connectivity index is 1.59. The summed E-state index contributed by atoms with van der Waals surface area (Å²) in [7, 11) is 0. The molecule has 1 amide bonds. The smallest absolute Gasteiger partial charge is 0.239 e. The molecular formula is C21H26N2O. The van der Waals surface area contributed by atoms with Gasteiger partial charge in [-0.15, -0.1) is 0 Å². The van der Waals surface area contributed by atoms with E-state index in [4.69, 9.17) is 5.73 Å². The second-order valence-corrected chi connectivity index (χ2v) is 6.86. The molecular weight excluding hydrogens is 296 g/mol. The number of hydrogen-bond acceptors (Lipinski definition) is 2. The Kier molecular flexibility index (Phi) is 5.31. The summed E-state index contributed by atoms with van der Waals surface area (Å²) >= 11 is 0. The fourth-order valence-corrected chi connectivity index (χ4v) is 3.73. The maximum atomic E-state index is 12.7. The van der Waals surface area contributed by atoms with Crippen molar-refractivity contribution in [3.63, 3.8) is 0 Å². The minimum atomic E-state index is -0.451. The SMILES string of the molecule is CC1CN(C(=O)[C@@H](N)Cc2ccccc2)CCC1c1ccccc1. The van der Waals surface area contributed by atoms with Crippen LogP contribution in [0, 0.1) is 5.92 Å². The normalized spacial score (nSPS) is 22.2. The second kappa shape index (κ2) is 7.63. The molecule has 3 nitrogen and oxygen atoms in total. The van der Waals surface area contributed by atoms with E-state index in [-0.39, 0.29) is 5.91 Å². The molecule has 0 radical (unpaired) electrons. The van der Waals surface area contributed by atoms with Crippen molar-refractivity contribution >= 4 is 5.91 Å². The van der Waals surface area contributed by atoms with Gasteiger partial charge >= 0.3 is 0 Å². The summed E-state index contributed by atoms with van der Waals surface area (Å²) in [6.45, 7) is 3.83. The highest BCUT2D eigenvalue weighted by molar-refractivity contribution is 5.82. The van der Waals surface area contributed by atoms with Gasteiger partial charge in [-0.3, -0.25) is 4.79 Å². The quantitative estimate of drug-likeness (QED) is 0.939. The Morgan fingerprint density at radius 1 is 1.12 bits per heavy atom. The number of nitrogens with two attached hydrogens (primary N) is 1. The van der Waals surface area contributed by atoms with E-state index < -0.39 is 6.04 Å². The molecule has 2 aromatic carbocycles. The van der Waals surface area contributed by atoms with E-state index in [1.165, 1.54) is 5.56 Å². The van der Waals surface area contributed by atoms with Crippen LogP contribution in [-0.4, -0.2) is 29.9 Å². The molecule has 2 N–H and O–H groups in total. The lowest BCUT2D eigenvalue weighted by atomic mass is 9.81. The zero-order chi connectivity index (χ0) is 16.9. The number of benzene rings is 2. The monoisotopic (exact) mass is 322 g/mol. The van der Waals surface area contributed by atoms with Crippen LogP contribution in [0.4, 0.5) is 0 Å². The first-order valence-corrected chi connectivity index (χ1v) is 8.78. The van der Waals surface area contributed by atoms with E-state index in [9.17, 15) is 4.79 Å². The van der Waals surface area contributed by atoms with Gasteiger partial charge in [0.05, 0.1) is 6.04 Å². The summed E-state index contributed by atoms with van der Waals surface area (Å²) in [4.78, 5) is 14.6. The molecule has 1 heterocycles. The molecule has 2 aromatic rings. The van der Waals surface area contributed by atoms with Crippen molar-refractivity contribution in [2.24, 2.45) is 11.7 Å². The molecule has 0 bridgehead atoms. The third-order valence-electron chi connectivity index (χ3n) is 5.06. The van der Waals surface area contributed by atoms with Crippen LogP contribution in [0.1, 0.15) is 30.4 Å². The fraction of sp³-hybridized carbons (Fsp3) is 0.381. The van der Waals surface area contributed by atoms with Crippen LogP contribution in [0.25, 0.3) is 0 Å². The number of nitrogens with zero attached hydrogens (tertiary/aromatic N) is 1. The van der Waals surface area contributed by atoms with Gasteiger partial charge in [-0.05, 0) is 35.8 Å². The summed E-state index contributed by atoms with van der Waals surface area (Å²) in [6, 6.07) is 20.2. The van der Waals surface area contributed by atoms with Gasteiger partial charge in [-0.1, -0.05) is 67.6 Å². The Hall–Kier alpha value is -2.13. The van der Waals surface area contributed by atoms with E-state index in [2.05, 4.69) is 37.3 Å². The maximum absolute atomic E-state index is 12.7. The summed E-state index contributed by atoms with van der Waals surface area (Å²) in [5.74, 6) is 1.06. The Bertz CT molecular complexity index is 656.